The van der Waals surface area contributed by atoms with Crippen molar-refractivity contribution >= 4 is 45.0 Å². The first-order chi connectivity index (χ1) is 13.2. The van der Waals surface area contributed by atoms with E-state index in [0.717, 1.165) is 32.9 Å². The van der Waals surface area contributed by atoms with Crippen molar-refractivity contribution in [1.29, 1.82) is 0 Å². The molecule has 0 aliphatic carbocycles. The topological polar surface area (TPSA) is 43.6 Å². The zero-order valence-electron chi connectivity index (χ0n) is 14.0. The number of para-hydroxylation sites is 1. The van der Waals surface area contributed by atoms with E-state index in [1.165, 1.54) is 0 Å². The molecular weight excluding hydrogens is 379 g/mol. The molecule has 27 heavy (non-hydrogen) atoms. The summed E-state index contributed by atoms with van der Waals surface area (Å²) in [5.74, 6) is 0.399. The highest BCUT2D eigenvalue weighted by Gasteiger charge is 2.17. The maximum Gasteiger partial charge on any atom is 0.240 e. The maximum atomic E-state index is 6.04. The van der Waals surface area contributed by atoms with Crippen LogP contribution >= 0.6 is 23.2 Å². The molecule has 4 nitrogen and oxygen atoms in total. The number of halogens is 2. The van der Waals surface area contributed by atoms with Crippen molar-refractivity contribution in [1.82, 2.24) is 19.5 Å². The summed E-state index contributed by atoms with van der Waals surface area (Å²) in [5, 5.41) is 2.37. The molecule has 0 N–H and O–H groups in total. The third-order valence-electron chi connectivity index (χ3n) is 4.55. The number of rotatable bonds is 2. The number of fused-ring (bicyclic) bond motifs is 3. The molecule has 0 bridgehead atoms. The first kappa shape index (κ1) is 16.2. The summed E-state index contributed by atoms with van der Waals surface area (Å²) >= 11 is 12.1. The van der Waals surface area contributed by atoms with Crippen LogP contribution in [0.5, 0.6) is 0 Å². The van der Waals surface area contributed by atoms with E-state index in [2.05, 4.69) is 39.2 Å². The van der Waals surface area contributed by atoms with Crippen LogP contribution in [0.2, 0.25) is 10.6 Å². The van der Waals surface area contributed by atoms with Crippen molar-refractivity contribution in [3.63, 3.8) is 0 Å². The molecule has 130 valence electrons. The Kier molecular flexibility index (Phi) is 3.81. The lowest BCUT2D eigenvalue weighted by Crippen LogP contribution is -2.03. The van der Waals surface area contributed by atoms with Gasteiger partial charge in [0.05, 0.1) is 11.0 Å². The van der Waals surface area contributed by atoms with Gasteiger partial charge in [-0.15, -0.1) is 0 Å². The molecule has 0 amide bonds. The van der Waals surface area contributed by atoms with E-state index in [1.54, 1.807) is 0 Å². The number of hydrogen-bond acceptors (Lipinski definition) is 3. The average Bonchev–Trinajstić information content (AvgIpc) is 3.02. The highest BCUT2D eigenvalue weighted by Crippen LogP contribution is 2.37. The van der Waals surface area contributed by atoms with Crippen LogP contribution < -0.4 is 0 Å². The third kappa shape index (κ3) is 2.65. The lowest BCUT2D eigenvalue weighted by molar-refractivity contribution is 0.941. The van der Waals surface area contributed by atoms with Crippen molar-refractivity contribution in [3.05, 3.63) is 83.4 Å². The molecule has 2 aromatic heterocycles. The van der Waals surface area contributed by atoms with E-state index in [-0.39, 0.29) is 10.6 Å². The van der Waals surface area contributed by atoms with E-state index in [4.69, 9.17) is 23.2 Å². The Balaban J connectivity index is 1.95. The second kappa shape index (κ2) is 6.34. The highest BCUT2D eigenvalue weighted by atomic mass is 35.5. The van der Waals surface area contributed by atoms with Crippen molar-refractivity contribution in [2.24, 2.45) is 0 Å². The highest BCUT2D eigenvalue weighted by molar-refractivity contribution is 6.31. The molecule has 6 heteroatoms. The minimum atomic E-state index is 0.0649. The molecule has 0 spiro atoms. The van der Waals surface area contributed by atoms with Crippen LogP contribution in [0.4, 0.5) is 0 Å². The Bertz CT molecular complexity index is 1280. The third-order valence-corrected chi connectivity index (χ3v) is 4.89. The lowest BCUT2D eigenvalue weighted by Gasteiger charge is -2.07. The van der Waals surface area contributed by atoms with Gasteiger partial charge in [0.2, 0.25) is 16.5 Å². The van der Waals surface area contributed by atoms with Gasteiger partial charge in [0.1, 0.15) is 0 Å². The Morgan fingerprint density at radius 1 is 0.630 bits per heavy atom. The predicted molar refractivity (Wildman–Crippen MR) is 110 cm³/mol. The molecule has 0 atom stereocenters. The fraction of sp³-hybridized carbons (Fsp3) is 0. The van der Waals surface area contributed by atoms with Gasteiger partial charge in [-0.3, -0.25) is 4.57 Å². The summed E-state index contributed by atoms with van der Waals surface area (Å²) in [5.41, 5.74) is 4.26. The van der Waals surface area contributed by atoms with Gasteiger partial charge in [0.15, 0.2) is 0 Å². The van der Waals surface area contributed by atoms with Gasteiger partial charge in [-0.1, -0.05) is 60.7 Å². The van der Waals surface area contributed by atoms with Crippen LogP contribution in [0.15, 0.2) is 72.8 Å². The molecule has 0 radical (unpaired) electrons. The zero-order valence-corrected chi connectivity index (χ0v) is 15.5. The Hall–Kier alpha value is -2.95. The first-order valence-electron chi connectivity index (χ1n) is 8.37. The average molecular weight is 391 g/mol. The van der Waals surface area contributed by atoms with E-state index in [0.29, 0.717) is 5.95 Å². The fourth-order valence-corrected chi connectivity index (χ4v) is 3.86. The summed E-state index contributed by atoms with van der Waals surface area (Å²) in [6.07, 6.45) is 0. The van der Waals surface area contributed by atoms with E-state index in [1.807, 2.05) is 53.1 Å². The smallest absolute Gasteiger partial charge is 0.240 e. The first-order valence-corrected chi connectivity index (χ1v) is 9.13. The van der Waals surface area contributed by atoms with Crippen molar-refractivity contribution in [2.45, 2.75) is 0 Å². The number of benzene rings is 3. The van der Waals surface area contributed by atoms with Gasteiger partial charge < -0.3 is 0 Å². The minimum absolute atomic E-state index is 0.0649. The normalized spacial score (nSPS) is 11.3. The van der Waals surface area contributed by atoms with Crippen LogP contribution in [0.1, 0.15) is 0 Å². The van der Waals surface area contributed by atoms with Crippen LogP contribution in [0, 0.1) is 0 Å². The Morgan fingerprint density at radius 3 is 2.07 bits per heavy atom. The van der Waals surface area contributed by atoms with Gasteiger partial charge in [0.25, 0.3) is 0 Å². The molecule has 0 fully saturated rings. The summed E-state index contributed by atoms with van der Waals surface area (Å²) in [4.78, 5) is 12.5. The fourth-order valence-electron chi connectivity index (χ4n) is 3.51. The molecule has 5 rings (SSSR count). The molecule has 0 aliphatic rings. The molecule has 3 aromatic carbocycles. The quantitative estimate of drug-likeness (QED) is 0.374. The van der Waals surface area contributed by atoms with Gasteiger partial charge >= 0.3 is 0 Å². The van der Waals surface area contributed by atoms with Crippen LogP contribution in [0.25, 0.3) is 38.9 Å². The Morgan fingerprint density at radius 2 is 1.30 bits per heavy atom. The van der Waals surface area contributed by atoms with Crippen LogP contribution in [-0.4, -0.2) is 19.5 Å². The standard InChI is InChI=1S/C21H12Cl2N4/c22-19-24-20(23)26-21(25-19)27-16-11-5-4-9-15(16)18-14(10-6-12-17(18)27)13-7-2-1-3-8-13/h1-12H. The molecule has 0 unspecified atom stereocenters. The zero-order chi connectivity index (χ0) is 18.4. The Labute approximate surface area is 165 Å². The van der Waals surface area contributed by atoms with E-state index in [9.17, 15) is 0 Å². The molecular formula is C21H12Cl2N4. The lowest BCUT2D eigenvalue weighted by atomic mass is 10.00. The number of aromatic nitrogens is 4. The molecule has 0 saturated carbocycles. The molecule has 0 saturated heterocycles. The monoisotopic (exact) mass is 390 g/mol. The van der Waals surface area contributed by atoms with Crippen molar-refractivity contribution in [2.75, 3.05) is 0 Å². The largest absolute Gasteiger partial charge is 0.278 e. The van der Waals surface area contributed by atoms with Gasteiger partial charge in [-0.05, 0) is 46.5 Å². The van der Waals surface area contributed by atoms with Gasteiger partial charge in [0, 0.05) is 10.8 Å². The summed E-state index contributed by atoms with van der Waals surface area (Å²) in [7, 11) is 0. The van der Waals surface area contributed by atoms with Gasteiger partial charge in [-0.25, -0.2) is 0 Å². The number of nitrogens with zero attached hydrogens (tertiary/aromatic N) is 4. The van der Waals surface area contributed by atoms with Crippen LogP contribution in [0.3, 0.4) is 0 Å². The molecule has 5 aromatic rings. The summed E-state index contributed by atoms with van der Waals surface area (Å²) in [6, 6.07) is 24.7. The van der Waals surface area contributed by atoms with Crippen molar-refractivity contribution < 1.29 is 0 Å². The minimum Gasteiger partial charge on any atom is -0.278 e. The van der Waals surface area contributed by atoms with E-state index < -0.39 is 0 Å². The molecule has 2 heterocycles. The molecule has 0 aliphatic heterocycles. The SMILES string of the molecule is Clc1nc(Cl)nc(-n2c3ccccc3c3c(-c4ccccc4)cccc32)n1. The van der Waals surface area contributed by atoms with Crippen molar-refractivity contribution in [3.8, 4) is 17.1 Å². The van der Waals surface area contributed by atoms with Crippen LogP contribution in [-0.2, 0) is 0 Å². The number of hydrogen-bond donors (Lipinski definition) is 0. The predicted octanol–water partition coefficient (Wildman–Crippen LogP) is 5.94. The van der Waals surface area contributed by atoms with Gasteiger partial charge in [-0.2, -0.15) is 15.0 Å². The summed E-state index contributed by atoms with van der Waals surface area (Å²) in [6.45, 7) is 0. The summed E-state index contributed by atoms with van der Waals surface area (Å²) < 4.78 is 1.97. The second-order valence-electron chi connectivity index (χ2n) is 6.09. The van der Waals surface area contributed by atoms with E-state index >= 15 is 0 Å². The second-order valence-corrected chi connectivity index (χ2v) is 6.77. The maximum absolute atomic E-state index is 6.04.